The van der Waals surface area contributed by atoms with E-state index in [1.807, 2.05) is 26.0 Å². The van der Waals surface area contributed by atoms with Crippen molar-refractivity contribution in [2.24, 2.45) is 5.41 Å². The molecule has 0 saturated carbocycles. The van der Waals surface area contributed by atoms with Gasteiger partial charge in [-0.15, -0.1) is 0 Å². The van der Waals surface area contributed by atoms with Crippen molar-refractivity contribution in [3.05, 3.63) is 107 Å². The van der Waals surface area contributed by atoms with Crippen LogP contribution in [-0.4, -0.2) is 17.9 Å². The Morgan fingerprint density at radius 1 is 0.933 bits per heavy atom. The summed E-state index contributed by atoms with van der Waals surface area (Å²) in [4.78, 5) is 17.3. The highest BCUT2D eigenvalue weighted by atomic mass is 19.4. The van der Waals surface area contributed by atoms with Crippen molar-refractivity contribution in [3.63, 3.8) is 0 Å². The first-order valence-electron chi connectivity index (χ1n) is 14.7. The molecule has 1 atom stereocenters. The summed E-state index contributed by atoms with van der Waals surface area (Å²) >= 11 is 0. The first kappa shape index (κ1) is 35.4. The van der Waals surface area contributed by atoms with Crippen LogP contribution in [0.5, 0.6) is 0 Å². The summed E-state index contributed by atoms with van der Waals surface area (Å²) in [6.07, 6.45) is -4.63. The number of anilines is 1. The Morgan fingerprint density at radius 3 is 2.18 bits per heavy atom. The van der Waals surface area contributed by atoms with Crippen molar-refractivity contribution < 1.29 is 31.1 Å². The van der Waals surface area contributed by atoms with E-state index in [2.05, 4.69) is 48.2 Å². The highest BCUT2D eigenvalue weighted by Gasteiger charge is 2.35. The molecule has 242 valence electrons. The largest absolute Gasteiger partial charge is 0.433 e. The van der Waals surface area contributed by atoms with Crippen LogP contribution in [0.25, 0.3) is 11.1 Å². The molecular formula is C35H39F6N3O. The van der Waals surface area contributed by atoms with Crippen molar-refractivity contribution in [2.45, 2.75) is 72.2 Å². The smallest absolute Gasteiger partial charge is 0.388 e. The lowest BCUT2D eigenvalue weighted by molar-refractivity contribution is -0.141. The van der Waals surface area contributed by atoms with Crippen LogP contribution in [0.4, 0.5) is 32.0 Å². The van der Waals surface area contributed by atoms with Gasteiger partial charge in [-0.05, 0) is 80.0 Å². The monoisotopic (exact) mass is 631 g/mol. The molecule has 0 aliphatic rings. The van der Waals surface area contributed by atoms with Crippen LogP contribution >= 0.6 is 0 Å². The number of amides is 1. The second-order valence-electron chi connectivity index (χ2n) is 11.5. The van der Waals surface area contributed by atoms with E-state index in [4.69, 9.17) is 0 Å². The van der Waals surface area contributed by atoms with Crippen LogP contribution in [0.3, 0.4) is 0 Å². The number of nitrogens with one attached hydrogen (secondary N) is 2. The highest BCUT2D eigenvalue weighted by Crippen LogP contribution is 2.42. The molecule has 0 spiro atoms. The van der Waals surface area contributed by atoms with Gasteiger partial charge in [-0.3, -0.25) is 9.78 Å². The van der Waals surface area contributed by atoms with Gasteiger partial charge in [-0.1, -0.05) is 68.7 Å². The predicted octanol–water partition coefficient (Wildman–Crippen LogP) is 9.91. The summed E-state index contributed by atoms with van der Waals surface area (Å²) in [6, 6.07) is 12.6. The van der Waals surface area contributed by atoms with Crippen LogP contribution in [0, 0.1) is 12.3 Å². The Kier molecular flexibility index (Phi) is 11.3. The molecule has 1 unspecified atom stereocenters. The average molecular weight is 632 g/mol. The zero-order valence-electron chi connectivity index (χ0n) is 26.1. The third-order valence-electron chi connectivity index (χ3n) is 8.24. The number of halogens is 6. The van der Waals surface area contributed by atoms with Gasteiger partial charge in [-0.2, -0.15) is 26.3 Å². The van der Waals surface area contributed by atoms with E-state index < -0.39 is 34.9 Å². The molecule has 45 heavy (non-hydrogen) atoms. The number of allylic oxidation sites excluding steroid dienone is 1. The third-order valence-corrected chi connectivity index (χ3v) is 8.24. The molecule has 4 nitrogen and oxygen atoms in total. The Bertz CT molecular complexity index is 1540. The van der Waals surface area contributed by atoms with E-state index >= 15 is 0 Å². The van der Waals surface area contributed by atoms with Crippen LogP contribution in [-0.2, 0) is 23.6 Å². The molecule has 2 N–H and O–H groups in total. The molecule has 2 aromatic carbocycles. The number of aryl methyl sites for hydroxylation is 2. The number of benzene rings is 2. The molecule has 1 heterocycles. The second-order valence-corrected chi connectivity index (χ2v) is 11.5. The fourth-order valence-electron chi connectivity index (χ4n) is 5.21. The summed E-state index contributed by atoms with van der Waals surface area (Å²) in [7, 11) is 1.61. The van der Waals surface area contributed by atoms with Crippen molar-refractivity contribution in [1.82, 2.24) is 10.3 Å². The maximum atomic E-state index is 14.0. The van der Waals surface area contributed by atoms with Crippen LogP contribution in [0.2, 0.25) is 0 Å². The molecule has 0 fully saturated rings. The zero-order valence-corrected chi connectivity index (χ0v) is 26.1. The Balaban J connectivity index is 2.11. The molecule has 0 radical (unpaired) electrons. The molecule has 10 heteroatoms. The summed E-state index contributed by atoms with van der Waals surface area (Å²) in [5.41, 5.74) is 0.306. The Labute approximate surface area is 260 Å². The van der Waals surface area contributed by atoms with Gasteiger partial charge in [0.25, 0.3) is 5.91 Å². The number of likely N-dealkylation sites (N-methyl/N-ethyl adjacent to an activating group) is 1. The van der Waals surface area contributed by atoms with E-state index in [9.17, 15) is 31.1 Å². The number of nitrogens with zero attached hydrogens (tertiary/aromatic N) is 1. The van der Waals surface area contributed by atoms with E-state index in [1.54, 1.807) is 7.05 Å². The van der Waals surface area contributed by atoms with Crippen LogP contribution < -0.4 is 10.6 Å². The van der Waals surface area contributed by atoms with Gasteiger partial charge < -0.3 is 10.6 Å². The van der Waals surface area contributed by atoms with E-state index in [0.29, 0.717) is 11.8 Å². The molecule has 0 bridgehead atoms. The minimum absolute atomic E-state index is 0.0866. The van der Waals surface area contributed by atoms with Gasteiger partial charge in [-0.25, -0.2) is 0 Å². The Hall–Kier alpha value is -4.08. The SMILES string of the molecule is C=C(NC)/C(C(=O)Nc1ccc(C(F)(F)F)cc1-c1ccnc(C(F)(F)F)c1)=C(/C)C(C)(CCCC)CCc1ccc(C)cc1. The lowest BCUT2D eigenvalue weighted by Crippen LogP contribution is -2.28. The average Bonchev–Trinajstić information content (AvgIpc) is 2.99. The van der Waals surface area contributed by atoms with Crippen molar-refractivity contribution in [3.8, 4) is 11.1 Å². The second kappa shape index (κ2) is 14.3. The summed E-state index contributed by atoms with van der Waals surface area (Å²) < 4.78 is 81.3. The molecule has 3 aromatic rings. The molecule has 1 aromatic heterocycles. The van der Waals surface area contributed by atoms with Gasteiger partial charge in [0.1, 0.15) is 5.69 Å². The Morgan fingerprint density at radius 2 is 1.60 bits per heavy atom. The van der Waals surface area contributed by atoms with Gasteiger partial charge >= 0.3 is 12.4 Å². The third kappa shape index (κ3) is 8.99. The van der Waals surface area contributed by atoms with Gasteiger partial charge in [0.2, 0.25) is 0 Å². The normalized spacial score (nSPS) is 13.9. The number of alkyl halides is 6. The quantitative estimate of drug-likeness (QED) is 0.119. The van der Waals surface area contributed by atoms with Crippen LogP contribution in [0.1, 0.15) is 68.8 Å². The summed E-state index contributed by atoms with van der Waals surface area (Å²) in [5, 5.41) is 5.61. The molecular weight excluding hydrogens is 592 g/mol. The first-order valence-corrected chi connectivity index (χ1v) is 14.7. The lowest BCUT2D eigenvalue weighted by Gasteiger charge is -2.33. The minimum Gasteiger partial charge on any atom is -0.388 e. The van der Waals surface area contributed by atoms with Gasteiger partial charge in [0.05, 0.1) is 11.1 Å². The fourth-order valence-corrected chi connectivity index (χ4v) is 5.21. The maximum absolute atomic E-state index is 14.0. The fraction of sp³-hybridized carbons (Fsp3) is 0.371. The number of carbonyl (C=O) groups excluding carboxylic acids is 1. The predicted molar refractivity (Wildman–Crippen MR) is 166 cm³/mol. The summed E-state index contributed by atoms with van der Waals surface area (Å²) in [6.45, 7) is 12.1. The highest BCUT2D eigenvalue weighted by molar-refractivity contribution is 6.09. The first-order chi connectivity index (χ1) is 21.0. The van der Waals surface area contributed by atoms with Crippen molar-refractivity contribution in [1.29, 1.82) is 0 Å². The topological polar surface area (TPSA) is 54.0 Å². The lowest BCUT2D eigenvalue weighted by atomic mass is 9.72. The van der Waals surface area contributed by atoms with Gasteiger partial charge in [0, 0.05) is 30.2 Å². The van der Waals surface area contributed by atoms with E-state index in [-0.39, 0.29) is 22.4 Å². The number of hydrogen-bond donors (Lipinski definition) is 2. The van der Waals surface area contributed by atoms with E-state index in [1.165, 1.54) is 6.07 Å². The molecule has 1 amide bonds. The molecule has 0 aliphatic heterocycles. The molecule has 0 saturated heterocycles. The number of pyridine rings is 1. The molecule has 0 aliphatic carbocycles. The number of hydrogen-bond acceptors (Lipinski definition) is 3. The van der Waals surface area contributed by atoms with Crippen molar-refractivity contribution >= 4 is 11.6 Å². The minimum atomic E-state index is -4.82. The number of rotatable bonds is 12. The van der Waals surface area contributed by atoms with Crippen LogP contribution in [0.15, 0.2) is 84.2 Å². The maximum Gasteiger partial charge on any atom is 0.433 e. The van der Waals surface area contributed by atoms with E-state index in [0.717, 1.165) is 73.2 Å². The standard InChI is InChI=1S/C35H39F6N3O/c1-7-8-17-33(5,18-15-25-11-9-22(2)10-12-25)23(3)31(24(4)42-6)32(45)44-29-14-13-27(34(36,37)38)21-28(29)26-16-19-43-30(20-26)35(39,40)41/h9-14,16,19-21,42H,4,7-8,15,17-18H2,1-3,5-6H3,(H,44,45)/b31-23+. The summed E-state index contributed by atoms with van der Waals surface area (Å²) in [5.74, 6) is -0.643. The van der Waals surface area contributed by atoms with Crippen molar-refractivity contribution in [2.75, 3.05) is 12.4 Å². The zero-order chi connectivity index (χ0) is 33.6. The van der Waals surface area contributed by atoms with Gasteiger partial charge in [0.15, 0.2) is 0 Å². The molecule has 3 rings (SSSR count). The number of aromatic nitrogens is 1. The number of unbranched alkanes of at least 4 members (excludes halogenated alkanes) is 1. The number of carbonyl (C=O) groups is 1.